The average molecular weight is 363 g/mol. The summed E-state index contributed by atoms with van der Waals surface area (Å²) in [7, 11) is -2.09. The van der Waals surface area contributed by atoms with Crippen LogP contribution in [0, 0.1) is 0 Å². The molecule has 0 unspecified atom stereocenters. The molecule has 136 valence electrons. The summed E-state index contributed by atoms with van der Waals surface area (Å²) in [5, 5.41) is 1.41. The first-order valence-corrected chi connectivity index (χ1v) is 12.0. The molecule has 0 radical (unpaired) electrons. The van der Waals surface area contributed by atoms with Crippen LogP contribution >= 0.6 is 0 Å². The predicted octanol–water partition coefficient (Wildman–Crippen LogP) is 2.46. The van der Waals surface area contributed by atoms with E-state index in [4.69, 9.17) is 18.8 Å². The molecule has 4 atom stereocenters. The number of carbonyl (C=O) groups excluding carboxylic acids is 1. The Bertz CT molecular complexity index is 654. The standard InChI is InChI=1S/C18H25NO5Si/c1-4-21-17(20)18-15-12-22-19(18)23-14(16(18)24-25(15,2)3)11-10-13-8-6-5-7-9-13/h5-9,14-16H,4,10-12H2,1-3H3/t14-,15-,16+,18+/m0/s1. The minimum atomic E-state index is -2.09. The largest absolute Gasteiger partial charge is 0.464 e. The van der Waals surface area contributed by atoms with Gasteiger partial charge in [0.2, 0.25) is 5.54 Å². The zero-order valence-corrected chi connectivity index (χ0v) is 15.9. The minimum absolute atomic E-state index is 0.0192. The van der Waals surface area contributed by atoms with Crippen molar-refractivity contribution in [2.45, 2.75) is 56.1 Å². The first kappa shape index (κ1) is 17.2. The Balaban J connectivity index is 1.60. The molecule has 1 aromatic rings. The number of ether oxygens (including phenoxy) is 1. The number of hydroxylamine groups is 2. The van der Waals surface area contributed by atoms with Gasteiger partial charge in [-0.25, -0.2) is 4.79 Å². The van der Waals surface area contributed by atoms with Crippen LogP contribution in [0.15, 0.2) is 30.3 Å². The Morgan fingerprint density at radius 2 is 2.12 bits per heavy atom. The third kappa shape index (κ3) is 2.49. The number of benzene rings is 1. The highest BCUT2D eigenvalue weighted by Crippen LogP contribution is 2.58. The molecule has 3 aliphatic rings. The van der Waals surface area contributed by atoms with E-state index in [9.17, 15) is 4.79 Å². The van der Waals surface area contributed by atoms with Crippen LogP contribution in [-0.2, 0) is 30.1 Å². The molecule has 4 rings (SSSR count). The van der Waals surface area contributed by atoms with Gasteiger partial charge in [-0.3, -0.25) is 9.68 Å². The fraction of sp³-hybridized carbons (Fsp3) is 0.611. The average Bonchev–Trinajstić information content (AvgIpc) is 3.18. The van der Waals surface area contributed by atoms with E-state index in [0.717, 1.165) is 12.8 Å². The Kier molecular flexibility index (Phi) is 4.24. The van der Waals surface area contributed by atoms with Crippen LogP contribution in [0.4, 0.5) is 0 Å². The van der Waals surface area contributed by atoms with Crippen LogP contribution in [0.2, 0.25) is 18.6 Å². The summed E-state index contributed by atoms with van der Waals surface area (Å²) in [6.07, 6.45) is 1.10. The van der Waals surface area contributed by atoms with Crippen molar-refractivity contribution in [1.29, 1.82) is 0 Å². The van der Waals surface area contributed by atoms with Gasteiger partial charge in [-0.05, 0) is 43.6 Å². The quantitative estimate of drug-likeness (QED) is 0.592. The molecule has 0 aromatic heterocycles. The van der Waals surface area contributed by atoms with E-state index in [0.29, 0.717) is 13.2 Å². The molecule has 0 N–H and O–H groups in total. The number of esters is 1. The van der Waals surface area contributed by atoms with Gasteiger partial charge in [-0.2, -0.15) is 0 Å². The lowest BCUT2D eigenvalue weighted by molar-refractivity contribution is -0.355. The van der Waals surface area contributed by atoms with Gasteiger partial charge in [0.1, 0.15) is 12.2 Å². The van der Waals surface area contributed by atoms with Crippen LogP contribution < -0.4 is 0 Å². The Labute approximate surface area is 149 Å². The highest BCUT2D eigenvalue weighted by atomic mass is 28.4. The molecular formula is C18H25NO5Si. The highest BCUT2D eigenvalue weighted by molar-refractivity contribution is 6.74. The highest BCUT2D eigenvalue weighted by Gasteiger charge is 2.78. The molecular weight excluding hydrogens is 338 g/mol. The van der Waals surface area contributed by atoms with Gasteiger partial charge in [0, 0.05) is 5.54 Å². The number of rotatable bonds is 5. The maximum absolute atomic E-state index is 12.9. The first-order valence-electron chi connectivity index (χ1n) is 8.99. The second-order valence-electron chi connectivity index (χ2n) is 7.46. The number of hydrogen-bond donors (Lipinski definition) is 0. The number of carbonyl (C=O) groups is 1. The fourth-order valence-corrected chi connectivity index (χ4v) is 7.50. The van der Waals surface area contributed by atoms with Gasteiger partial charge < -0.3 is 9.16 Å². The van der Waals surface area contributed by atoms with Crippen molar-refractivity contribution in [3.63, 3.8) is 0 Å². The summed E-state index contributed by atoms with van der Waals surface area (Å²) < 4.78 is 11.9. The van der Waals surface area contributed by atoms with Gasteiger partial charge in [0.15, 0.2) is 8.32 Å². The summed E-state index contributed by atoms with van der Waals surface area (Å²) >= 11 is 0. The molecule has 0 bridgehead atoms. The molecule has 0 saturated carbocycles. The Morgan fingerprint density at radius 1 is 1.36 bits per heavy atom. The number of aryl methyl sites for hydroxylation is 1. The molecule has 3 fully saturated rings. The molecule has 3 aliphatic heterocycles. The van der Waals surface area contributed by atoms with Crippen molar-refractivity contribution in [3.8, 4) is 0 Å². The summed E-state index contributed by atoms with van der Waals surface area (Å²) in [5.41, 5.74) is 0.327. The van der Waals surface area contributed by atoms with E-state index in [1.54, 1.807) is 0 Å². The van der Waals surface area contributed by atoms with Crippen molar-refractivity contribution in [1.82, 2.24) is 5.23 Å². The minimum Gasteiger partial charge on any atom is -0.464 e. The monoisotopic (exact) mass is 363 g/mol. The lowest BCUT2D eigenvalue weighted by atomic mass is 9.86. The van der Waals surface area contributed by atoms with E-state index in [1.165, 1.54) is 10.8 Å². The van der Waals surface area contributed by atoms with Gasteiger partial charge in [-0.1, -0.05) is 30.3 Å². The van der Waals surface area contributed by atoms with Crippen LogP contribution in [0.5, 0.6) is 0 Å². The van der Waals surface area contributed by atoms with E-state index in [2.05, 4.69) is 25.2 Å². The maximum Gasteiger partial charge on any atom is 0.334 e. The van der Waals surface area contributed by atoms with E-state index in [-0.39, 0.29) is 23.7 Å². The third-order valence-electron chi connectivity index (χ3n) is 5.63. The van der Waals surface area contributed by atoms with Crippen molar-refractivity contribution < 1.29 is 23.6 Å². The molecule has 0 amide bonds. The van der Waals surface area contributed by atoms with E-state index in [1.807, 2.05) is 25.1 Å². The molecule has 6 nitrogen and oxygen atoms in total. The Morgan fingerprint density at radius 3 is 2.84 bits per heavy atom. The van der Waals surface area contributed by atoms with E-state index >= 15 is 0 Å². The molecule has 3 saturated heterocycles. The summed E-state index contributed by atoms with van der Waals surface area (Å²) in [6.45, 7) is 6.92. The summed E-state index contributed by atoms with van der Waals surface area (Å²) in [5.74, 6) is -0.275. The zero-order chi connectivity index (χ0) is 17.7. The van der Waals surface area contributed by atoms with Gasteiger partial charge in [0.05, 0.1) is 13.2 Å². The lowest BCUT2D eigenvalue weighted by Crippen LogP contribution is -2.54. The van der Waals surface area contributed by atoms with Crippen molar-refractivity contribution in [3.05, 3.63) is 35.9 Å². The summed E-state index contributed by atoms with van der Waals surface area (Å²) in [6, 6.07) is 10.3. The maximum atomic E-state index is 12.9. The number of nitrogens with zero attached hydrogens (tertiary/aromatic N) is 1. The molecule has 1 aromatic carbocycles. The number of hydrogen-bond acceptors (Lipinski definition) is 6. The van der Waals surface area contributed by atoms with Crippen LogP contribution in [0.3, 0.4) is 0 Å². The SMILES string of the molecule is CCOC(=O)[C@]12[C@@H]3O[Si](C)(C)[C@H]1CON2O[C@H]3CCc1ccccc1. The Hall–Kier alpha value is -1.25. The van der Waals surface area contributed by atoms with Crippen molar-refractivity contribution >= 4 is 14.3 Å². The van der Waals surface area contributed by atoms with Crippen molar-refractivity contribution in [2.24, 2.45) is 0 Å². The zero-order valence-electron chi connectivity index (χ0n) is 14.9. The molecule has 3 heterocycles. The second kappa shape index (κ2) is 6.17. The fourth-order valence-electron chi connectivity index (χ4n) is 4.43. The normalized spacial score (nSPS) is 35.7. The van der Waals surface area contributed by atoms with Crippen molar-refractivity contribution in [2.75, 3.05) is 13.2 Å². The van der Waals surface area contributed by atoms with Crippen LogP contribution in [-0.4, -0.2) is 50.5 Å². The van der Waals surface area contributed by atoms with Crippen LogP contribution in [0.25, 0.3) is 0 Å². The second-order valence-corrected chi connectivity index (χ2v) is 11.6. The predicted molar refractivity (Wildman–Crippen MR) is 92.9 cm³/mol. The smallest absolute Gasteiger partial charge is 0.334 e. The van der Waals surface area contributed by atoms with E-state index < -0.39 is 13.9 Å². The molecule has 7 heteroatoms. The molecule has 0 spiro atoms. The molecule has 0 aliphatic carbocycles. The topological polar surface area (TPSA) is 57.2 Å². The molecule has 25 heavy (non-hydrogen) atoms. The summed E-state index contributed by atoms with van der Waals surface area (Å²) in [4.78, 5) is 24.7. The third-order valence-corrected chi connectivity index (χ3v) is 8.77. The van der Waals surface area contributed by atoms with Gasteiger partial charge in [0.25, 0.3) is 0 Å². The van der Waals surface area contributed by atoms with Gasteiger partial charge >= 0.3 is 5.97 Å². The lowest BCUT2D eigenvalue weighted by Gasteiger charge is -2.28. The first-order chi connectivity index (χ1) is 12.0. The van der Waals surface area contributed by atoms with Crippen LogP contribution in [0.1, 0.15) is 18.9 Å². The van der Waals surface area contributed by atoms with Gasteiger partial charge in [-0.15, -0.1) is 0 Å².